The molecule has 1 N–H and O–H groups in total. The number of carbonyl (C=O) groups is 1. The van der Waals surface area contributed by atoms with Crippen LogP contribution in [-0.2, 0) is 4.74 Å². The van der Waals surface area contributed by atoms with Crippen LogP contribution >= 0.6 is 11.3 Å². The highest BCUT2D eigenvalue weighted by atomic mass is 32.1. The quantitative estimate of drug-likeness (QED) is 0.514. The van der Waals surface area contributed by atoms with E-state index in [1.165, 1.54) is 30.1 Å². The van der Waals surface area contributed by atoms with Crippen LogP contribution in [0.3, 0.4) is 0 Å². The molecule has 0 saturated heterocycles. The Kier molecular flexibility index (Phi) is 4.34. The van der Waals surface area contributed by atoms with Crippen LogP contribution in [0.25, 0.3) is 5.00 Å². The maximum atomic E-state index is 11.6. The molecule has 2 aromatic heterocycles. The van der Waals surface area contributed by atoms with Crippen molar-refractivity contribution in [1.29, 1.82) is 0 Å². The molecule has 0 radical (unpaired) electrons. The van der Waals surface area contributed by atoms with E-state index in [1.807, 2.05) is 0 Å². The van der Waals surface area contributed by atoms with Crippen LogP contribution < -0.4 is 0 Å². The van der Waals surface area contributed by atoms with E-state index >= 15 is 0 Å². The van der Waals surface area contributed by atoms with Gasteiger partial charge < -0.3 is 9.84 Å². The van der Waals surface area contributed by atoms with Gasteiger partial charge >= 0.3 is 11.7 Å². The molecule has 0 fully saturated rings. The summed E-state index contributed by atoms with van der Waals surface area (Å²) in [5.41, 5.74) is 0.0348. The van der Waals surface area contributed by atoms with Crippen molar-refractivity contribution in [1.82, 2.24) is 9.78 Å². The van der Waals surface area contributed by atoms with Crippen LogP contribution in [-0.4, -0.2) is 32.4 Å². The van der Waals surface area contributed by atoms with Gasteiger partial charge in [0.25, 0.3) is 0 Å². The number of nitro groups is 1. The minimum Gasteiger partial charge on any atom is -0.462 e. The Labute approximate surface area is 123 Å². The van der Waals surface area contributed by atoms with Crippen molar-refractivity contribution in [3.8, 4) is 5.00 Å². The van der Waals surface area contributed by atoms with E-state index in [9.17, 15) is 20.0 Å². The first-order valence-corrected chi connectivity index (χ1v) is 6.94. The first kappa shape index (κ1) is 15.1. The zero-order valence-corrected chi connectivity index (χ0v) is 12.2. The van der Waals surface area contributed by atoms with Crippen LogP contribution in [0.1, 0.15) is 35.2 Å². The van der Waals surface area contributed by atoms with E-state index < -0.39 is 17.0 Å². The molecule has 1 atom stereocenters. The maximum absolute atomic E-state index is 11.6. The number of esters is 1. The van der Waals surface area contributed by atoms with Gasteiger partial charge in [-0.25, -0.2) is 9.48 Å². The Morgan fingerprint density at radius 1 is 1.67 bits per heavy atom. The smallest absolute Gasteiger partial charge is 0.341 e. The summed E-state index contributed by atoms with van der Waals surface area (Å²) < 4.78 is 6.07. The second kappa shape index (κ2) is 6.02. The molecule has 0 aromatic carbocycles. The summed E-state index contributed by atoms with van der Waals surface area (Å²) in [4.78, 5) is 22.5. The SMILES string of the molecule is CCOC(=O)c1cnn(-c2sc([C@H](C)O)cc2[N+](=O)[O-])c1. The highest BCUT2D eigenvalue weighted by Crippen LogP contribution is 2.35. The summed E-state index contributed by atoms with van der Waals surface area (Å²) in [5.74, 6) is -0.543. The lowest BCUT2D eigenvalue weighted by Gasteiger charge is -1.98. The molecule has 8 nitrogen and oxygen atoms in total. The maximum Gasteiger partial charge on any atom is 0.341 e. The van der Waals surface area contributed by atoms with Gasteiger partial charge in [-0.2, -0.15) is 5.10 Å². The van der Waals surface area contributed by atoms with Crippen molar-refractivity contribution < 1.29 is 19.6 Å². The largest absolute Gasteiger partial charge is 0.462 e. The Hall–Kier alpha value is -2.26. The third-order valence-corrected chi connectivity index (χ3v) is 3.91. The van der Waals surface area contributed by atoms with Crippen molar-refractivity contribution in [3.63, 3.8) is 0 Å². The van der Waals surface area contributed by atoms with E-state index in [0.29, 0.717) is 4.88 Å². The predicted molar refractivity (Wildman–Crippen MR) is 74.7 cm³/mol. The predicted octanol–water partition coefficient (Wildman–Crippen LogP) is 2.07. The second-order valence-electron chi connectivity index (χ2n) is 4.17. The first-order chi connectivity index (χ1) is 9.93. The second-order valence-corrected chi connectivity index (χ2v) is 5.23. The Morgan fingerprint density at radius 2 is 2.38 bits per heavy atom. The molecule has 0 aliphatic carbocycles. The molecule has 2 rings (SSSR count). The number of rotatable bonds is 5. The van der Waals surface area contributed by atoms with Crippen molar-refractivity contribution >= 4 is 23.0 Å². The molecule has 21 heavy (non-hydrogen) atoms. The van der Waals surface area contributed by atoms with E-state index in [4.69, 9.17) is 4.74 Å². The molecule has 0 aliphatic heterocycles. The number of nitrogens with zero attached hydrogens (tertiary/aromatic N) is 3. The Morgan fingerprint density at radius 3 is 2.95 bits per heavy atom. The third kappa shape index (κ3) is 3.09. The van der Waals surface area contributed by atoms with Crippen LogP contribution in [0.4, 0.5) is 5.69 Å². The first-order valence-electron chi connectivity index (χ1n) is 6.12. The molecule has 0 amide bonds. The molecule has 0 aliphatic rings. The fourth-order valence-electron chi connectivity index (χ4n) is 1.64. The zero-order chi connectivity index (χ0) is 15.6. The van der Waals surface area contributed by atoms with E-state index in [-0.39, 0.29) is 22.9 Å². The van der Waals surface area contributed by atoms with E-state index in [0.717, 1.165) is 11.3 Å². The fourth-order valence-corrected chi connectivity index (χ4v) is 2.64. The average Bonchev–Trinajstić information content (AvgIpc) is 3.05. The number of thiophene rings is 1. The molecule has 0 spiro atoms. The lowest BCUT2D eigenvalue weighted by atomic mass is 10.3. The molecule has 2 aromatic rings. The highest BCUT2D eigenvalue weighted by Gasteiger charge is 2.23. The zero-order valence-electron chi connectivity index (χ0n) is 11.3. The molecule has 9 heteroatoms. The molecule has 0 saturated carbocycles. The summed E-state index contributed by atoms with van der Waals surface area (Å²) in [5, 5.41) is 24.8. The van der Waals surface area contributed by atoms with Crippen molar-refractivity contribution in [3.05, 3.63) is 39.0 Å². The van der Waals surface area contributed by atoms with E-state index in [2.05, 4.69) is 5.10 Å². The van der Waals surface area contributed by atoms with Gasteiger partial charge in [0.2, 0.25) is 0 Å². The van der Waals surface area contributed by atoms with E-state index in [1.54, 1.807) is 6.92 Å². The number of aliphatic hydroxyl groups is 1. The van der Waals surface area contributed by atoms with Crippen molar-refractivity contribution in [2.75, 3.05) is 6.61 Å². The number of ether oxygens (including phenoxy) is 1. The number of aliphatic hydroxyl groups excluding tert-OH is 1. The number of hydrogen-bond acceptors (Lipinski definition) is 7. The number of carbonyl (C=O) groups excluding carboxylic acids is 1. The Bertz CT molecular complexity index is 676. The highest BCUT2D eigenvalue weighted by molar-refractivity contribution is 7.15. The van der Waals surface area contributed by atoms with Crippen LogP contribution in [0.2, 0.25) is 0 Å². The standard InChI is InChI=1S/C12H13N3O5S/c1-3-20-12(17)8-5-13-14(6-8)11-9(15(18)19)4-10(21-11)7(2)16/h4-7,16H,3H2,1-2H3/t7-/m0/s1. The van der Waals surface area contributed by atoms with Gasteiger partial charge in [-0.3, -0.25) is 10.1 Å². The summed E-state index contributed by atoms with van der Waals surface area (Å²) in [7, 11) is 0. The van der Waals surface area contributed by atoms with Crippen molar-refractivity contribution in [2.45, 2.75) is 20.0 Å². The molecule has 112 valence electrons. The van der Waals surface area contributed by atoms with Gasteiger partial charge in [0, 0.05) is 17.1 Å². The molecular formula is C12H13N3O5S. The minimum atomic E-state index is -0.817. The molecular weight excluding hydrogens is 298 g/mol. The van der Waals surface area contributed by atoms with Crippen molar-refractivity contribution in [2.24, 2.45) is 0 Å². The normalized spacial score (nSPS) is 12.1. The fraction of sp³-hybridized carbons (Fsp3) is 0.333. The van der Waals surface area contributed by atoms with Gasteiger partial charge in [0.1, 0.15) is 0 Å². The lowest BCUT2D eigenvalue weighted by molar-refractivity contribution is -0.384. The lowest BCUT2D eigenvalue weighted by Crippen LogP contribution is -2.03. The summed E-state index contributed by atoms with van der Waals surface area (Å²) in [6.07, 6.45) is 1.83. The minimum absolute atomic E-state index is 0.172. The van der Waals surface area contributed by atoms with Gasteiger partial charge in [0.15, 0.2) is 5.00 Å². The Balaban J connectivity index is 2.42. The topological polar surface area (TPSA) is 107 Å². The number of aromatic nitrogens is 2. The summed E-state index contributed by atoms with van der Waals surface area (Å²) >= 11 is 1.04. The summed E-state index contributed by atoms with van der Waals surface area (Å²) in [6, 6.07) is 1.30. The van der Waals surface area contributed by atoms with Crippen LogP contribution in [0.15, 0.2) is 18.5 Å². The van der Waals surface area contributed by atoms with Gasteiger partial charge in [-0.15, -0.1) is 11.3 Å². The van der Waals surface area contributed by atoms with Crippen LogP contribution in [0.5, 0.6) is 0 Å². The third-order valence-electron chi connectivity index (χ3n) is 2.62. The molecule has 0 bridgehead atoms. The summed E-state index contributed by atoms with van der Waals surface area (Å²) in [6.45, 7) is 3.43. The molecule has 2 heterocycles. The average molecular weight is 311 g/mol. The van der Waals surface area contributed by atoms with Gasteiger partial charge in [0.05, 0.1) is 29.4 Å². The van der Waals surface area contributed by atoms with Crippen LogP contribution in [0, 0.1) is 10.1 Å². The number of hydrogen-bond donors (Lipinski definition) is 1. The monoisotopic (exact) mass is 311 g/mol. The molecule has 0 unspecified atom stereocenters. The van der Waals surface area contributed by atoms with Gasteiger partial charge in [-0.05, 0) is 13.8 Å². The van der Waals surface area contributed by atoms with Gasteiger partial charge in [-0.1, -0.05) is 0 Å².